The molecule has 0 saturated carbocycles. The molecule has 0 fully saturated rings. The number of rotatable bonds is 3. The van der Waals surface area contributed by atoms with Crippen molar-refractivity contribution in [3.63, 3.8) is 0 Å². The van der Waals surface area contributed by atoms with Crippen molar-refractivity contribution in [3.05, 3.63) is 52.2 Å². The number of carbonyl (C=O) groups excluding carboxylic acids is 1. The maximum atomic E-state index is 13.1. The Labute approximate surface area is 160 Å². The second-order valence-electron chi connectivity index (χ2n) is 6.49. The first-order chi connectivity index (χ1) is 12.9. The molecular weight excluding hydrogens is 360 g/mol. The van der Waals surface area contributed by atoms with E-state index in [1.54, 1.807) is 10.7 Å². The molecule has 0 radical (unpaired) electrons. The fourth-order valence-corrected chi connectivity index (χ4v) is 3.61. The van der Waals surface area contributed by atoms with Crippen LogP contribution < -0.4 is 5.32 Å². The Morgan fingerprint density at radius 1 is 1.19 bits per heavy atom. The first kappa shape index (κ1) is 17.3. The van der Waals surface area contributed by atoms with E-state index in [4.69, 9.17) is 0 Å². The van der Waals surface area contributed by atoms with Gasteiger partial charge in [0.1, 0.15) is 5.69 Å². The van der Waals surface area contributed by atoms with Crippen molar-refractivity contribution in [1.82, 2.24) is 24.4 Å². The number of hydrogen-bond acceptors (Lipinski definition) is 6. The lowest BCUT2D eigenvalue weighted by Gasteiger charge is -2.11. The van der Waals surface area contributed by atoms with Gasteiger partial charge in [0.05, 0.1) is 16.6 Å². The van der Waals surface area contributed by atoms with Gasteiger partial charge in [-0.25, -0.2) is 4.98 Å². The minimum atomic E-state index is -0.182. The summed E-state index contributed by atoms with van der Waals surface area (Å²) < 4.78 is 5.61. The van der Waals surface area contributed by atoms with Gasteiger partial charge in [0.25, 0.3) is 5.91 Å². The van der Waals surface area contributed by atoms with E-state index in [2.05, 4.69) is 25.0 Å². The summed E-state index contributed by atoms with van der Waals surface area (Å²) in [7, 11) is 1.83. The van der Waals surface area contributed by atoms with Crippen LogP contribution in [-0.2, 0) is 7.05 Å². The standard InChI is InChI=1S/C19H18N6OS/c1-10-5-6-13(16-9-27-24-22-16)8-15(10)21-19(26)14-7-11(2)20-18-17(14)12(3)23-25(18)4/h5-9H,1-4H3,(H,21,26). The summed E-state index contributed by atoms with van der Waals surface area (Å²) in [5.41, 5.74) is 6.26. The summed E-state index contributed by atoms with van der Waals surface area (Å²) in [5.74, 6) is -0.182. The Kier molecular flexibility index (Phi) is 4.19. The lowest BCUT2D eigenvalue weighted by Crippen LogP contribution is -2.14. The smallest absolute Gasteiger partial charge is 0.256 e. The van der Waals surface area contributed by atoms with E-state index in [0.717, 1.165) is 39.3 Å². The van der Waals surface area contributed by atoms with E-state index in [1.807, 2.05) is 51.4 Å². The van der Waals surface area contributed by atoms with Gasteiger partial charge in [0.15, 0.2) is 5.65 Å². The molecule has 1 N–H and O–H groups in total. The molecular formula is C19H18N6OS. The highest BCUT2D eigenvalue weighted by atomic mass is 32.1. The van der Waals surface area contributed by atoms with Gasteiger partial charge in [0, 0.05) is 29.4 Å². The van der Waals surface area contributed by atoms with E-state index in [-0.39, 0.29) is 5.91 Å². The van der Waals surface area contributed by atoms with Gasteiger partial charge in [-0.15, -0.1) is 5.10 Å². The fraction of sp³-hybridized carbons (Fsp3) is 0.211. The van der Waals surface area contributed by atoms with E-state index in [9.17, 15) is 4.79 Å². The van der Waals surface area contributed by atoms with Gasteiger partial charge in [-0.3, -0.25) is 9.48 Å². The van der Waals surface area contributed by atoms with Crippen molar-refractivity contribution < 1.29 is 4.79 Å². The summed E-state index contributed by atoms with van der Waals surface area (Å²) in [6.45, 7) is 5.72. The number of nitrogens with one attached hydrogen (secondary N) is 1. The number of pyridine rings is 1. The summed E-state index contributed by atoms with van der Waals surface area (Å²) in [6, 6.07) is 7.66. The number of carbonyl (C=O) groups is 1. The molecule has 0 saturated heterocycles. The number of amides is 1. The summed E-state index contributed by atoms with van der Waals surface area (Å²) in [5, 5.41) is 14.2. The van der Waals surface area contributed by atoms with Crippen LogP contribution in [0.1, 0.15) is 27.3 Å². The third-order valence-corrected chi connectivity index (χ3v) is 4.99. The second-order valence-corrected chi connectivity index (χ2v) is 7.10. The second kappa shape index (κ2) is 6.55. The summed E-state index contributed by atoms with van der Waals surface area (Å²) in [6.07, 6.45) is 0. The number of fused-ring (bicyclic) bond motifs is 1. The molecule has 27 heavy (non-hydrogen) atoms. The monoisotopic (exact) mass is 378 g/mol. The van der Waals surface area contributed by atoms with Gasteiger partial charge in [-0.2, -0.15) is 5.10 Å². The number of anilines is 1. The molecule has 4 rings (SSSR count). The Morgan fingerprint density at radius 3 is 2.74 bits per heavy atom. The van der Waals surface area contributed by atoms with Crippen molar-refractivity contribution in [3.8, 4) is 11.3 Å². The fourth-order valence-electron chi connectivity index (χ4n) is 3.15. The number of aromatic nitrogens is 5. The Balaban J connectivity index is 1.75. The topological polar surface area (TPSA) is 85.6 Å². The predicted molar refractivity (Wildman–Crippen MR) is 106 cm³/mol. The predicted octanol–water partition coefficient (Wildman–Crippen LogP) is 3.66. The van der Waals surface area contributed by atoms with E-state index in [0.29, 0.717) is 11.2 Å². The molecule has 0 aliphatic heterocycles. The van der Waals surface area contributed by atoms with Crippen LogP contribution in [0, 0.1) is 20.8 Å². The van der Waals surface area contributed by atoms with E-state index >= 15 is 0 Å². The molecule has 7 nitrogen and oxygen atoms in total. The van der Waals surface area contributed by atoms with Crippen LogP contribution in [0.5, 0.6) is 0 Å². The Bertz CT molecular complexity index is 1160. The van der Waals surface area contributed by atoms with Crippen LogP contribution in [0.15, 0.2) is 29.6 Å². The third-order valence-electron chi connectivity index (χ3n) is 4.48. The van der Waals surface area contributed by atoms with Gasteiger partial charge in [0.2, 0.25) is 0 Å². The zero-order valence-electron chi connectivity index (χ0n) is 15.4. The lowest BCUT2D eigenvalue weighted by molar-refractivity contribution is 0.102. The minimum absolute atomic E-state index is 0.182. The highest BCUT2D eigenvalue weighted by Crippen LogP contribution is 2.27. The van der Waals surface area contributed by atoms with Crippen molar-refractivity contribution >= 4 is 34.2 Å². The molecule has 0 aliphatic rings. The molecule has 0 spiro atoms. The molecule has 0 unspecified atom stereocenters. The first-order valence-corrected chi connectivity index (χ1v) is 9.28. The molecule has 0 atom stereocenters. The highest BCUT2D eigenvalue weighted by molar-refractivity contribution is 7.03. The van der Waals surface area contributed by atoms with Gasteiger partial charge < -0.3 is 5.32 Å². The van der Waals surface area contributed by atoms with Crippen molar-refractivity contribution in [2.24, 2.45) is 7.05 Å². The van der Waals surface area contributed by atoms with Crippen LogP contribution in [-0.4, -0.2) is 30.3 Å². The average Bonchev–Trinajstić information content (AvgIpc) is 3.25. The van der Waals surface area contributed by atoms with E-state index < -0.39 is 0 Å². The Morgan fingerprint density at radius 2 is 2.00 bits per heavy atom. The molecule has 0 aliphatic carbocycles. The molecule has 136 valence electrons. The molecule has 4 aromatic rings. The van der Waals surface area contributed by atoms with Crippen molar-refractivity contribution in [2.45, 2.75) is 20.8 Å². The quantitative estimate of drug-likeness (QED) is 0.588. The third kappa shape index (κ3) is 3.08. The van der Waals surface area contributed by atoms with E-state index in [1.165, 1.54) is 11.5 Å². The van der Waals surface area contributed by atoms with Crippen LogP contribution in [0.2, 0.25) is 0 Å². The van der Waals surface area contributed by atoms with Crippen LogP contribution in [0.4, 0.5) is 5.69 Å². The van der Waals surface area contributed by atoms with Gasteiger partial charge in [-0.05, 0) is 50.0 Å². The summed E-state index contributed by atoms with van der Waals surface area (Å²) >= 11 is 1.30. The maximum absolute atomic E-state index is 13.1. The normalized spacial score (nSPS) is 11.1. The van der Waals surface area contributed by atoms with Crippen LogP contribution in [0.25, 0.3) is 22.3 Å². The van der Waals surface area contributed by atoms with Crippen molar-refractivity contribution in [2.75, 3.05) is 5.32 Å². The van der Waals surface area contributed by atoms with Crippen LogP contribution >= 0.6 is 11.5 Å². The Hall–Kier alpha value is -3.13. The molecule has 1 aromatic carbocycles. The number of hydrogen-bond donors (Lipinski definition) is 1. The highest BCUT2D eigenvalue weighted by Gasteiger charge is 2.18. The lowest BCUT2D eigenvalue weighted by atomic mass is 10.1. The molecule has 3 heterocycles. The maximum Gasteiger partial charge on any atom is 0.256 e. The SMILES string of the molecule is Cc1cc(C(=O)Nc2cc(-c3csnn3)ccc2C)c2c(C)nn(C)c2n1. The number of nitrogens with zero attached hydrogens (tertiary/aromatic N) is 5. The zero-order valence-corrected chi connectivity index (χ0v) is 16.3. The first-order valence-electron chi connectivity index (χ1n) is 8.44. The average molecular weight is 378 g/mol. The number of aryl methyl sites for hydroxylation is 4. The zero-order chi connectivity index (χ0) is 19.1. The molecule has 1 amide bonds. The minimum Gasteiger partial charge on any atom is -0.322 e. The van der Waals surface area contributed by atoms with Crippen molar-refractivity contribution in [1.29, 1.82) is 0 Å². The van der Waals surface area contributed by atoms with Gasteiger partial charge in [-0.1, -0.05) is 16.6 Å². The molecule has 8 heteroatoms. The molecule has 0 bridgehead atoms. The summed E-state index contributed by atoms with van der Waals surface area (Å²) in [4.78, 5) is 17.6. The number of benzene rings is 1. The van der Waals surface area contributed by atoms with Gasteiger partial charge >= 0.3 is 0 Å². The molecule has 3 aromatic heterocycles. The van der Waals surface area contributed by atoms with Crippen LogP contribution in [0.3, 0.4) is 0 Å². The largest absolute Gasteiger partial charge is 0.322 e.